The second-order valence-electron chi connectivity index (χ2n) is 8.46. The van der Waals surface area contributed by atoms with Crippen molar-refractivity contribution in [2.45, 2.75) is 18.0 Å². The first-order valence-corrected chi connectivity index (χ1v) is 10.7. The van der Waals surface area contributed by atoms with E-state index in [0.717, 1.165) is 5.56 Å². The number of ketones is 1. The van der Waals surface area contributed by atoms with Crippen LogP contribution in [0.2, 0.25) is 0 Å². The molecule has 7 heteroatoms. The molecule has 2 aliphatic rings. The van der Waals surface area contributed by atoms with Crippen LogP contribution in [0.4, 0.5) is 14.5 Å². The Kier molecular flexibility index (Phi) is 5.02. The Morgan fingerprint density at radius 2 is 1.56 bits per heavy atom. The summed E-state index contributed by atoms with van der Waals surface area (Å²) >= 11 is 0. The highest BCUT2D eigenvalue weighted by molar-refractivity contribution is 6.06. The van der Waals surface area contributed by atoms with Crippen LogP contribution in [0.3, 0.4) is 0 Å². The van der Waals surface area contributed by atoms with Crippen molar-refractivity contribution >= 4 is 23.5 Å². The van der Waals surface area contributed by atoms with E-state index in [4.69, 9.17) is 5.73 Å². The van der Waals surface area contributed by atoms with E-state index in [-0.39, 0.29) is 5.56 Å². The molecule has 0 aromatic heterocycles. The molecule has 0 radical (unpaired) electrons. The maximum absolute atomic E-state index is 14.0. The summed E-state index contributed by atoms with van der Waals surface area (Å²) in [6, 6.07) is 18.1. The number of carbonyl (C=O) groups is 2. The molecule has 0 bridgehead atoms. The highest BCUT2D eigenvalue weighted by Crippen LogP contribution is 2.55. The molecular weight excluding hydrogens is 436 g/mol. The molecule has 3 aromatic rings. The monoisotopic (exact) mass is 455 g/mol. The SMILES string of the molecule is N#C[C@@]1(C(N)=O)[C@@H](c2ccc(F)cc2)[C@@H](C(=O)c2ccc(F)cc2)N2c3ccccc3C=C[C@@H]21. The fourth-order valence-electron chi connectivity index (χ4n) is 5.26. The van der Waals surface area contributed by atoms with Crippen molar-refractivity contribution in [3.8, 4) is 6.07 Å². The molecule has 5 rings (SSSR count). The predicted octanol–water partition coefficient (Wildman–Crippen LogP) is 4.21. The predicted molar refractivity (Wildman–Crippen MR) is 123 cm³/mol. The van der Waals surface area contributed by atoms with E-state index in [1.54, 1.807) is 23.1 Å². The van der Waals surface area contributed by atoms with Gasteiger partial charge in [-0.15, -0.1) is 0 Å². The number of nitriles is 1. The average Bonchev–Trinajstić information content (AvgIpc) is 3.16. The number of nitrogens with two attached hydrogens (primary N) is 1. The number of para-hydroxylation sites is 1. The van der Waals surface area contributed by atoms with E-state index in [2.05, 4.69) is 6.07 Å². The molecule has 34 heavy (non-hydrogen) atoms. The third-order valence-corrected chi connectivity index (χ3v) is 6.76. The summed E-state index contributed by atoms with van der Waals surface area (Å²) in [5.41, 5.74) is 6.21. The van der Waals surface area contributed by atoms with Crippen LogP contribution in [0.25, 0.3) is 6.08 Å². The molecule has 0 unspecified atom stereocenters. The fourth-order valence-corrected chi connectivity index (χ4v) is 5.26. The molecule has 0 saturated carbocycles. The highest BCUT2D eigenvalue weighted by atomic mass is 19.1. The van der Waals surface area contributed by atoms with Crippen molar-refractivity contribution in [1.29, 1.82) is 5.26 Å². The lowest BCUT2D eigenvalue weighted by atomic mass is 9.67. The molecule has 1 saturated heterocycles. The lowest BCUT2D eigenvalue weighted by Crippen LogP contribution is -2.49. The van der Waals surface area contributed by atoms with Crippen molar-refractivity contribution in [3.05, 3.63) is 107 Å². The van der Waals surface area contributed by atoms with Crippen LogP contribution >= 0.6 is 0 Å². The number of carbonyl (C=O) groups excluding carboxylic acids is 2. The number of benzene rings is 3. The number of hydrogen-bond acceptors (Lipinski definition) is 4. The number of primary amides is 1. The number of amides is 1. The maximum atomic E-state index is 14.0. The Balaban J connectivity index is 1.80. The van der Waals surface area contributed by atoms with E-state index >= 15 is 0 Å². The summed E-state index contributed by atoms with van der Waals surface area (Å²) in [7, 11) is 0. The van der Waals surface area contributed by atoms with Gasteiger partial charge in [0, 0.05) is 17.2 Å². The van der Waals surface area contributed by atoms with Gasteiger partial charge in [-0.3, -0.25) is 9.59 Å². The van der Waals surface area contributed by atoms with Crippen LogP contribution in [0, 0.1) is 28.4 Å². The average molecular weight is 455 g/mol. The zero-order chi connectivity index (χ0) is 24.0. The molecule has 1 amide bonds. The minimum Gasteiger partial charge on any atom is -0.368 e. The van der Waals surface area contributed by atoms with E-state index in [1.165, 1.54) is 48.5 Å². The molecule has 2 heterocycles. The van der Waals surface area contributed by atoms with Crippen LogP contribution in [0.15, 0.2) is 78.9 Å². The number of hydrogen-bond donors (Lipinski definition) is 1. The highest BCUT2D eigenvalue weighted by Gasteiger charge is 2.65. The molecule has 3 aromatic carbocycles. The minimum atomic E-state index is -1.82. The Hall–Kier alpha value is -4.31. The van der Waals surface area contributed by atoms with E-state index < -0.39 is 46.7 Å². The molecule has 4 atom stereocenters. The van der Waals surface area contributed by atoms with E-state index in [9.17, 15) is 23.6 Å². The van der Waals surface area contributed by atoms with Gasteiger partial charge >= 0.3 is 0 Å². The topological polar surface area (TPSA) is 87.2 Å². The van der Waals surface area contributed by atoms with Gasteiger partial charge in [-0.1, -0.05) is 42.5 Å². The second-order valence-corrected chi connectivity index (χ2v) is 8.46. The summed E-state index contributed by atoms with van der Waals surface area (Å²) in [6.07, 6.45) is 3.52. The zero-order valence-electron chi connectivity index (χ0n) is 17.9. The Labute approximate surface area is 194 Å². The smallest absolute Gasteiger partial charge is 0.241 e. The molecule has 1 fully saturated rings. The molecule has 168 valence electrons. The maximum Gasteiger partial charge on any atom is 0.241 e. The lowest BCUT2D eigenvalue weighted by Gasteiger charge is -2.36. The van der Waals surface area contributed by atoms with Crippen LogP contribution in [0.1, 0.15) is 27.4 Å². The first kappa shape index (κ1) is 21.5. The van der Waals surface area contributed by atoms with Gasteiger partial charge in [-0.25, -0.2) is 8.78 Å². The van der Waals surface area contributed by atoms with Crippen molar-refractivity contribution in [2.75, 3.05) is 4.90 Å². The van der Waals surface area contributed by atoms with Crippen LogP contribution in [-0.2, 0) is 4.79 Å². The number of halogens is 2. The van der Waals surface area contributed by atoms with Gasteiger partial charge in [-0.05, 0) is 53.6 Å². The molecule has 2 aliphatic heterocycles. The third-order valence-electron chi connectivity index (χ3n) is 6.76. The quantitative estimate of drug-likeness (QED) is 0.597. The van der Waals surface area contributed by atoms with Crippen molar-refractivity contribution in [3.63, 3.8) is 0 Å². The normalized spacial score (nSPS) is 24.7. The number of rotatable bonds is 4. The Morgan fingerprint density at radius 3 is 2.18 bits per heavy atom. The third kappa shape index (κ3) is 3.03. The molecular formula is C27H19F2N3O2. The van der Waals surface area contributed by atoms with Gasteiger partial charge in [0.1, 0.15) is 17.7 Å². The van der Waals surface area contributed by atoms with E-state index in [1.807, 2.05) is 18.2 Å². The fraction of sp³-hybridized carbons (Fsp3) is 0.148. The van der Waals surface area contributed by atoms with Crippen LogP contribution < -0.4 is 10.6 Å². The summed E-state index contributed by atoms with van der Waals surface area (Å²) in [6.45, 7) is 0. The van der Waals surface area contributed by atoms with Gasteiger partial charge in [0.05, 0.1) is 12.1 Å². The number of fused-ring (bicyclic) bond motifs is 3. The summed E-state index contributed by atoms with van der Waals surface area (Å²) in [4.78, 5) is 28.8. The molecule has 5 nitrogen and oxygen atoms in total. The van der Waals surface area contributed by atoms with Crippen molar-refractivity contribution in [1.82, 2.24) is 0 Å². The van der Waals surface area contributed by atoms with Gasteiger partial charge in [0.25, 0.3) is 0 Å². The van der Waals surface area contributed by atoms with Crippen LogP contribution in [0.5, 0.6) is 0 Å². The Bertz CT molecular complexity index is 1360. The number of anilines is 1. The van der Waals surface area contributed by atoms with E-state index in [0.29, 0.717) is 11.3 Å². The van der Waals surface area contributed by atoms with Crippen molar-refractivity contribution in [2.24, 2.45) is 11.1 Å². The van der Waals surface area contributed by atoms with Gasteiger partial charge < -0.3 is 10.6 Å². The van der Waals surface area contributed by atoms with Crippen molar-refractivity contribution < 1.29 is 18.4 Å². The first-order valence-electron chi connectivity index (χ1n) is 10.7. The first-order chi connectivity index (χ1) is 16.4. The largest absolute Gasteiger partial charge is 0.368 e. The number of nitrogens with zero attached hydrogens (tertiary/aromatic N) is 2. The second kappa shape index (κ2) is 7.92. The Morgan fingerprint density at radius 1 is 0.941 bits per heavy atom. The lowest BCUT2D eigenvalue weighted by molar-refractivity contribution is -0.125. The summed E-state index contributed by atoms with van der Waals surface area (Å²) in [5.74, 6) is -3.27. The number of Topliss-reactive ketones (excluding diaryl/α,β-unsaturated/α-hetero) is 1. The molecule has 0 aliphatic carbocycles. The van der Waals surface area contributed by atoms with Gasteiger partial charge in [0.2, 0.25) is 5.91 Å². The zero-order valence-corrected chi connectivity index (χ0v) is 17.9. The molecule has 0 spiro atoms. The molecule has 2 N–H and O–H groups in total. The van der Waals surface area contributed by atoms with Gasteiger partial charge in [0.15, 0.2) is 11.2 Å². The summed E-state index contributed by atoms with van der Waals surface area (Å²) in [5, 5.41) is 10.4. The minimum absolute atomic E-state index is 0.225. The van der Waals surface area contributed by atoms with Gasteiger partial charge in [-0.2, -0.15) is 5.26 Å². The van der Waals surface area contributed by atoms with Crippen LogP contribution in [-0.4, -0.2) is 23.8 Å². The summed E-state index contributed by atoms with van der Waals surface area (Å²) < 4.78 is 27.4. The standard InChI is InChI=1S/C27H19F2N3O2/c28-19-10-5-17(6-11-19)23-24(25(33)18-7-12-20(29)13-8-18)32-21-4-2-1-3-16(21)9-14-22(32)27(23,15-30)26(31)34/h1-14,22-24H,(H2,31,34)/t22-,23+,24+,27+/m1/s1.